The Labute approximate surface area is 92.4 Å². The molecule has 2 aromatic rings. The summed E-state index contributed by atoms with van der Waals surface area (Å²) in [5.41, 5.74) is 2.42. The normalized spacial score (nSPS) is 16.2. The van der Waals surface area contributed by atoms with Crippen LogP contribution in [0.1, 0.15) is 11.3 Å². The summed E-state index contributed by atoms with van der Waals surface area (Å²) < 4.78 is 5.20. The third-order valence-electron chi connectivity index (χ3n) is 2.54. The van der Waals surface area contributed by atoms with Crippen LogP contribution >= 0.6 is 0 Å². The van der Waals surface area contributed by atoms with Gasteiger partial charge >= 0.3 is 0 Å². The summed E-state index contributed by atoms with van der Waals surface area (Å²) in [6, 6.07) is 11.2. The van der Waals surface area contributed by atoms with Gasteiger partial charge in [0, 0.05) is 11.3 Å². The molecule has 1 N–H and O–H groups in total. The Morgan fingerprint density at radius 1 is 1.12 bits per heavy atom. The lowest BCUT2D eigenvalue weighted by Gasteiger charge is -1.95. The average Bonchev–Trinajstić information content (AvgIpc) is 2.89. The van der Waals surface area contributed by atoms with Crippen molar-refractivity contribution in [1.29, 1.82) is 0 Å². The first kappa shape index (κ1) is 8.97. The van der Waals surface area contributed by atoms with E-state index in [9.17, 15) is 4.79 Å². The molecule has 78 valence electrons. The summed E-state index contributed by atoms with van der Waals surface area (Å²) in [7, 11) is 0. The number of carbonyl (C=O) groups is 1. The van der Waals surface area contributed by atoms with Gasteiger partial charge in [0.2, 0.25) is 0 Å². The van der Waals surface area contributed by atoms with E-state index < -0.39 is 0 Å². The van der Waals surface area contributed by atoms with E-state index in [2.05, 4.69) is 5.32 Å². The minimum atomic E-state index is -0.0856. The molecule has 3 rings (SSSR count). The Balaban J connectivity index is 2.12. The maximum atomic E-state index is 11.7. The van der Waals surface area contributed by atoms with Crippen LogP contribution in [0, 0.1) is 0 Å². The van der Waals surface area contributed by atoms with Gasteiger partial charge in [0.1, 0.15) is 5.76 Å². The number of hydrogen-bond donors (Lipinski definition) is 1. The molecular weight excluding hydrogens is 202 g/mol. The first-order valence-corrected chi connectivity index (χ1v) is 5.00. The topological polar surface area (TPSA) is 42.2 Å². The van der Waals surface area contributed by atoms with Crippen LogP contribution in [0.5, 0.6) is 0 Å². The fourth-order valence-electron chi connectivity index (χ4n) is 1.80. The lowest BCUT2D eigenvalue weighted by molar-refractivity contribution is -0.110. The van der Waals surface area contributed by atoms with E-state index in [1.54, 1.807) is 18.4 Å². The Morgan fingerprint density at radius 3 is 2.81 bits per heavy atom. The number of benzene rings is 1. The Morgan fingerprint density at radius 2 is 2.00 bits per heavy atom. The molecule has 1 aliphatic rings. The van der Waals surface area contributed by atoms with Crippen LogP contribution in [-0.2, 0) is 4.79 Å². The van der Waals surface area contributed by atoms with Crippen LogP contribution in [0.25, 0.3) is 11.6 Å². The second-order valence-electron chi connectivity index (χ2n) is 3.57. The molecule has 0 fully saturated rings. The molecule has 0 bridgehead atoms. The second-order valence-corrected chi connectivity index (χ2v) is 3.57. The number of furan rings is 1. The lowest BCUT2D eigenvalue weighted by atomic mass is 10.1. The first-order valence-electron chi connectivity index (χ1n) is 5.00. The zero-order chi connectivity index (χ0) is 11.0. The van der Waals surface area contributed by atoms with Crippen molar-refractivity contribution in [2.45, 2.75) is 0 Å². The summed E-state index contributed by atoms with van der Waals surface area (Å²) in [6.07, 6.45) is 3.34. The molecule has 0 spiro atoms. The summed E-state index contributed by atoms with van der Waals surface area (Å²) in [4.78, 5) is 11.7. The standard InChI is InChI=1S/C13H9NO2/c15-13-11(8-9-4-3-7-16-9)10-5-1-2-6-12(10)14-13/h1-8H,(H,14,15). The van der Waals surface area contributed by atoms with E-state index >= 15 is 0 Å². The predicted octanol–water partition coefficient (Wildman–Crippen LogP) is 2.77. The van der Waals surface area contributed by atoms with Crippen molar-refractivity contribution in [3.8, 4) is 0 Å². The van der Waals surface area contributed by atoms with Crippen molar-refractivity contribution >= 4 is 23.2 Å². The second kappa shape index (κ2) is 3.38. The summed E-state index contributed by atoms with van der Waals surface area (Å²) in [6.45, 7) is 0. The number of nitrogens with one attached hydrogen (secondary N) is 1. The molecule has 0 unspecified atom stereocenters. The van der Waals surface area contributed by atoms with Gasteiger partial charge < -0.3 is 9.73 Å². The summed E-state index contributed by atoms with van der Waals surface area (Å²) >= 11 is 0. The molecule has 0 saturated carbocycles. The molecule has 0 aliphatic carbocycles. The highest BCUT2D eigenvalue weighted by Gasteiger charge is 2.23. The Hall–Kier alpha value is -2.29. The van der Waals surface area contributed by atoms with E-state index in [0.29, 0.717) is 11.3 Å². The van der Waals surface area contributed by atoms with Gasteiger partial charge in [0.05, 0.1) is 11.8 Å². The van der Waals surface area contributed by atoms with Crippen LogP contribution in [0.3, 0.4) is 0 Å². The quantitative estimate of drug-likeness (QED) is 0.737. The minimum Gasteiger partial charge on any atom is -0.465 e. The van der Waals surface area contributed by atoms with E-state index in [-0.39, 0.29) is 5.91 Å². The molecule has 3 nitrogen and oxygen atoms in total. The maximum absolute atomic E-state index is 11.7. The van der Waals surface area contributed by atoms with Crippen LogP contribution in [0.2, 0.25) is 0 Å². The number of fused-ring (bicyclic) bond motifs is 1. The Kier molecular flexibility index (Phi) is 1.90. The molecule has 0 saturated heterocycles. The summed E-state index contributed by atoms with van der Waals surface area (Å²) in [5, 5.41) is 2.81. The van der Waals surface area contributed by atoms with Crippen molar-refractivity contribution < 1.29 is 9.21 Å². The molecule has 0 radical (unpaired) electrons. The Bertz CT molecular complexity index is 567. The first-order chi connectivity index (χ1) is 7.84. The average molecular weight is 211 g/mol. The molecule has 2 heterocycles. The van der Waals surface area contributed by atoms with Crippen molar-refractivity contribution in [1.82, 2.24) is 0 Å². The molecule has 16 heavy (non-hydrogen) atoms. The van der Waals surface area contributed by atoms with Crippen LogP contribution in [-0.4, -0.2) is 5.91 Å². The van der Waals surface area contributed by atoms with E-state index in [4.69, 9.17) is 4.42 Å². The molecular formula is C13H9NO2. The molecule has 1 aromatic carbocycles. The summed E-state index contributed by atoms with van der Waals surface area (Å²) in [5.74, 6) is 0.597. The number of hydrogen-bond acceptors (Lipinski definition) is 2. The largest absolute Gasteiger partial charge is 0.465 e. The highest BCUT2D eigenvalue weighted by Crippen LogP contribution is 2.32. The molecule has 3 heteroatoms. The van der Waals surface area contributed by atoms with Crippen LogP contribution < -0.4 is 5.32 Å². The smallest absolute Gasteiger partial charge is 0.256 e. The predicted molar refractivity (Wildman–Crippen MR) is 61.7 cm³/mol. The van der Waals surface area contributed by atoms with Gasteiger partial charge in [-0.05, 0) is 24.3 Å². The van der Waals surface area contributed by atoms with Gasteiger partial charge in [-0.2, -0.15) is 0 Å². The highest BCUT2D eigenvalue weighted by molar-refractivity contribution is 6.34. The third-order valence-corrected chi connectivity index (χ3v) is 2.54. The number of para-hydroxylation sites is 1. The maximum Gasteiger partial charge on any atom is 0.256 e. The molecule has 0 atom stereocenters. The van der Waals surface area contributed by atoms with Gasteiger partial charge in [-0.1, -0.05) is 18.2 Å². The minimum absolute atomic E-state index is 0.0856. The van der Waals surface area contributed by atoms with Crippen molar-refractivity contribution in [2.24, 2.45) is 0 Å². The number of carbonyl (C=O) groups excluding carboxylic acids is 1. The zero-order valence-electron chi connectivity index (χ0n) is 8.44. The van der Waals surface area contributed by atoms with Gasteiger partial charge in [0.25, 0.3) is 5.91 Å². The van der Waals surface area contributed by atoms with Crippen molar-refractivity contribution in [2.75, 3.05) is 5.32 Å². The van der Waals surface area contributed by atoms with Gasteiger partial charge in [0.15, 0.2) is 0 Å². The molecule has 1 aromatic heterocycles. The van der Waals surface area contributed by atoms with Gasteiger partial charge in [-0.3, -0.25) is 4.79 Å². The van der Waals surface area contributed by atoms with Gasteiger partial charge in [-0.25, -0.2) is 0 Å². The fourth-order valence-corrected chi connectivity index (χ4v) is 1.80. The van der Waals surface area contributed by atoms with E-state index in [1.165, 1.54) is 0 Å². The van der Waals surface area contributed by atoms with Crippen molar-refractivity contribution in [3.05, 3.63) is 54.0 Å². The highest BCUT2D eigenvalue weighted by atomic mass is 16.3. The SMILES string of the molecule is O=C1Nc2ccccc2C1=Cc1ccco1. The van der Waals surface area contributed by atoms with Crippen LogP contribution in [0.4, 0.5) is 5.69 Å². The van der Waals surface area contributed by atoms with Crippen molar-refractivity contribution in [3.63, 3.8) is 0 Å². The van der Waals surface area contributed by atoms with Crippen LogP contribution in [0.15, 0.2) is 47.1 Å². The lowest BCUT2D eigenvalue weighted by Crippen LogP contribution is -2.03. The number of rotatable bonds is 1. The number of anilines is 1. The molecule has 1 aliphatic heterocycles. The van der Waals surface area contributed by atoms with E-state index in [0.717, 1.165) is 11.3 Å². The van der Waals surface area contributed by atoms with Gasteiger partial charge in [-0.15, -0.1) is 0 Å². The third kappa shape index (κ3) is 1.34. The zero-order valence-corrected chi connectivity index (χ0v) is 8.44. The fraction of sp³-hybridized carbons (Fsp3) is 0. The number of amides is 1. The monoisotopic (exact) mass is 211 g/mol. The van der Waals surface area contributed by atoms with E-state index in [1.807, 2.05) is 30.3 Å². The molecule has 1 amide bonds.